The second-order valence-electron chi connectivity index (χ2n) is 3.80. The SMILES string of the molecule is Cc1cc(Cl)ccc1Nc1nc(CC(=O)O)co1. The number of aromatic nitrogens is 1. The number of benzene rings is 1. The van der Waals surface area contributed by atoms with Gasteiger partial charge in [0.05, 0.1) is 12.1 Å². The van der Waals surface area contributed by atoms with E-state index in [0.29, 0.717) is 10.7 Å². The number of hydrogen-bond donors (Lipinski definition) is 2. The van der Waals surface area contributed by atoms with Crippen LogP contribution in [0.25, 0.3) is 0 Å². The summed E-state index contributed by atoms with van der Waals surface area (Å²) in [7, 11) is 0. The van der Waals surface area contributed by atoms with Crippen LogP contribution in [0.15, 0.2) is 28.9 Å². The molecular weight excluding hydrogens is 256 g/mol. The predicted octanol–water partition coefficient (Wildman–Crippen LogP) is 3.01. The van der Waals surface area contributed by atoms with Gasteiger partial charge in [-0.3, -0.25) is 4.79 Å². The Balaban J connectivity index is 2.13. The van der Waals surface area contributed by atoms with E-state index in [-0.39, 0.29) is 12.4 Å². The van der Waals surface area contributed by atoms with Gasteiger partial charge in [0.25, 0.3) is 6.01 Å². The first-order valence-corrected chi connectivity index (χ1v) is 5.62. The summed E-state index contributed by atoms with van der Waals surface area (Å²) in [6.07, 6.45) is 1.16. The van der Waals surface area contributed by atoms with E-state index in [1.807, 2.05) is 13.0 Å². The van der Waals surface area contributed by atoms with Crippen molar-refractivity contribution in [2.75, 3.05) is 5.32 Å². The smallest absolute Gasteiger partial charge is 0.309 e. The molecule has 0 aliphatic carbocycles. The van der Waals surface area contributed by atoms with Crippen LogP contribution in [0.1, 0.15) is 11.3 Å². The number of oxazole rings is 1. The van der Waals surface area contributed by atoms with Crippen LogP contribution < -0.4 is 5.32 Å². The summed E-state index contributed by atoms with van der Waals surface area (Å²) in [5, 5.41) is 12.2. The molecule has 1 heterocycles. The number of anilines is 2. The number of nitrogens with one attached hydrogen (secondary N) is 1. The van der Waals surface area contributed by atoms with Gasteiger partial charge in [-0.1, -0.05) is 11.6 Å². The van der Waals surface area contributed by atoms with E-state index < -0.39 is 5.97 Å². The second kappa shape index (κ2) is 5.10. The maximum absolute atomic E-state index is 10.5. The van der Waals surface area contributed by atoms with Gasteiger partial charge in [-0.05, 0) is 30.7 Å². The number of hydrogen-bond acceptors (Lipinski definition) is 4. The normalized spacial score (nSPS) is 10.3. The third kappa shape index (κ3) is 3.01. The van der Waals surface area contributed by atoms with Gasteiger partial charge in [0.1, 0.15) is 6.26 Å². The first kappa shape index (κ1) is 12.4. The van der Waals surface area contributed by atoms with Crippen LogP contribution in [0, 0.1) is 6.92 Å². The average molecular weight is 267 g/mol. The third-order valence-corrected chi connectivity index (χ3v) is 2.55. The van der Waals surface area contributed by atoms with E-state index in [0.717, 1.165) is 11.3 Å². The first-order chi connectivity index (χ1) is 8.54. The number of carboxylic acids is 1. The number of halogens is 1. The molecule has 0 aliphatic heterocycles. The number of rotatable bonds is 4. The van der Waals surface area contributed by atoms with Gasteiger partial charge in [-0.25, -0.2) is 0 Å². The minimum atomic E-state index is -0.947. The molecule has 0 amide bonds. The molecule has 0 radical (unpaired) electrons. The van der Waals surface area contributed by atoms with E-state index in [1.54, 1.807) is 12.1 Å². The molecule has 0 aliphatic rings. The quantitative estimate of drug-likeness (QED) is 0.890. The lowest BCUT2D eigenvalue weighted by Gasteiger charge is -2.05. The van der Waals surface area contributed by atoms with Crippen molar-refractivity contribution in [3.8, 4) is 0 Å². The third-order valence-electron chi connectivity index (χ3n) is 2.31. The van der Waals surface area contributed by atoms with Crippen molar-refractivity contribution in [3.63, 3.8) is 0 Å². The van der Waals surface area contributed by atoms with Crippen LogP contribution in [-0.2, 0) is 11.2 Å². The summed E-state index contributed by atoms with van der Waals surface area (Å²) < 4.78 is 5.14. The summed E-state index contributed by atoms with van der Waals surface area (Å²) in [5.41, 5.74) is 2.13. The molecule has 0 saturated carbocycles. The minimum absolute atomic E-state index is 0.162. The van der Waals surface area contributed by atoms with Gasteiger partial charge in [-0.15, -0.1) is 0 Å². The maximum Gasteiger partial charge on any atom is 0.309 e. The largest absolute Gasteiger partial charge is 0.481 e. The van der Waals surface area contributed by atoms with Crippen LogP contribution in [0.4, 0.5) is 11.7 Å². The van der Waals surface area contributed by atoms with Crippen molar-refractivity contribution in [2.45, 2.75) is 13.3 Å². The number of carbonyl (C=O) groups is 1. The van der Waals surface area contributed by atoms with E-state index in [9.17, 15) is 4.79 Å². The molecule has 0 saturated heterocycles. The summed E-state index contributed by atoms with van der Waals surface area (Å²) >= 11 is 5.85. The van der Waals surface area contributed by atoms with Gasteiger partial charge >= 0.3 is 5.97 Å². The molecule has 6 heteroatoms. The van der Waals surface area contributed by atoms with Crippen LogP contribution >= 0.6 is 11.6 Å². The molecule has 2 N–H and O–H groups in total. The van der Waals surface area contributed by atoms with E-state index in [1.165, 1.54) is 6.26 Å². The molecule has 0 unspecified atom stereocenters. The van der Waals surface area contributed by atoms with Gasteiger partial charge < -0.3 is 14.8 Å². The molecule has 1 aromatic carbocycles. The first-order valence-electron chi connectivity index (χ1n) is 5.24. The molecular formula is C12H11ClN2O3. The van der Waals surface area contributed by atoms with Crippen LogP contribution in [-0.4, -0.2) is 16.1 Å². The Morgan fingerprint density at radius 3 is 3.00 bits per heavy atom. The topological polar surface area (TPSA) is 75.4 Å². The molecule has 0 atom stereocenters. The Hall–Kier alpha value is -2.01. The van der Waals surface area contributed by atoms with Gasteiger partial charge in [0.15, 0.2) is 0 Å². The zero-order chi connectivity index (χ0) is 13.1. The highest BCUT2D eigenvalue weighted by atomic mass is 35.5. The number of carboxylic acid groups (broad SMARTS) is 1. The zero-order valence-corrected chi connectivity index (χ0v) is 10.4. The van der Waals surface area contributed by atoms with Crippen molar-refractivity contribution >= 4 is 29.3 Å². The van der Waals surface area contributed by atoms with Crippen molar-refractivity contribution in [1.82, 2.24) is 4.98 Å². The molecule has 1 aromatic heterocycles. The molecule has 0 spiro atoms. The predicted molar refractivity (Wildman–Crippen MR) is 67.3 cm³/mol. The Labute approximate surface area is 108 Å². The van der Waals surface area contributed by atoms with E-state index in [4.69, 9.17) is 21.1 Å². The standard InChI is InChI=1S/C12H11ClN2O3/c1-7-4-8(13)2-3-10(7)15-12-14-9(6-18-12)5-11(16)17/h2-4,6H,5H2,1H3,(H,14,15)(H,16,17). The van der Waals surface area contributed by atoms with Crippen molar-refractivity contribution in [2.24, 2.45) is 0 Å². The molecule has 2 rings (SSSR count). The van der Waals surface area contributed by atoms with Gasteiger partial charge in [-0.2, -0.15) is 4.98 Å². The van der Waals surface area contributed by atoms with Crippen molar-refractivity contribution in [1.29, 1.82) is 0 Å². The minimum Gasteiger partial charge on any atom is -0.481 e. The lowest BCUT2D eigenvalue weighted by molar-refractivity contribution is -0.136. The molecule has 94 valence electrons. The summed E-state index contributed by atoms with van der Waals surface area (Å²) in [4.78, 5) is 14.5. The Morgan fingerprint density at radius 1 is 1.56 bits per heavy atom. The highest BCUT2D eigenvalue weighted by molar-refractivity contribution is 6.30. The average Bonchev–Trinajstić information content (AvgIpc) is 2.69. The van der Waals surface area contributed by atoms with E-state index in [2.05, 4.69) is 10.3 Å². The lowest BCUT2D eigenvalue weighted by atomic mass is 10.2. The highest BCUT2D eigenvalue weighted by Gasteiger charge is 2.08. The fraction of sp³-hybridized carbons (Fsp3) is 0.167. The Morgan fingerprint density at radius 2 is 2.33 bits per heavy atom. The molecule has 18 heavy (non-hydrogen) atoms. The second-order valence-corrected chi connectivity index (χ2v) is 4.24. The van der Waals surface area contributed by atoms with Crippen molar-refractivity contribution in [3.05, 3.63) is 40.7 Å². The maximum atomic E-state index is 10.5. The molecule has 0 bridgehead atoms. The highest BCUT2D eigenvalue weighted by Crippen LogP contribution is 2.23. The molecule has 2 aromatic rings. The van der Waals surface area contributed by atoms with Gasteiger partial charge in [0.2, 0.25) is 0 Å². The molecule has 0 fully saturated rings. The summed E-state index contributed by atoms with van der Waals surface area (Å²) in [5.74, 6) is -0.947. The Kier molecular flexibility index (Phi) is 3.53. The zero-order valence-electron chi connectivity index (χ0n) is 9.61. The fourth-order valence-electron chi connectivity index (χ4n) is 1.48. The van der Waals surface area contributed by atoms with Crippen LogP contribution in [0.5, 0.6) is 0 Å². The summed E-state index contributed by atoms with van der Waals surface area (Å²) in [6.45, 7) is 1.90. The molecule has 5 nitrogen and oxygen atoms in total. The van der Waals surface area contributed by atoms with Crippen LogP contribution in [0.3, 0.4) is 0 Å². The van der Waals surface area contributed by atoms with Gasteiger partial charge in [0, 0.05) is 10.7 Å². The van der Waals surface area contributed by atoms with Crippen molar-refractivity contribution < 1.29 is 14.3 Å². The van der Waals surface area contributed by atoms with Crippen LogP contribution in [0.2, 0.25) is 5.02 Å². The monoisotopic (exact) mass is 266 g/mol. The lowest BCUT2D eigenvalue weighted by Crippen LogP contribution is -2.00. The number of nitrogens with zero attached hydrogens (tertiary/aromatic N) is 1. The number of aryl methyl sites for hydroxylation is 1. The number of aliphatic carboxylic acids is 1. The van der Waals surface area contributed by atoms with E-state index >= 15 is 0 Å². The Bertz CT molecular complexity index is 580. The summed E-state index contributed by atoms with van der Waals surface area (Å²) in [6, 6.07) is 5.62. The fourth-order valence-corrected chi connectivity index (χ4v) is 1.71.